The molecular formula is C40H62O12. The molecule has 0 unspecified atom stereocenters. The predicted octanol–water partition coefficient (Wildman–Crippen LogP) is 7.24. The van der Waals surface area contributed by atoms with Gasteiger partial charge in [0.05, 0.1) is 10.8 Å². The van der Waals surface area contributed by atoms with Crippen molar-refractivity contribution in [3.63, 3.8) is 0 Å². The second kappa shape index (κ2) is 25.7. The molecule has 0 amide bonds. The van der Waals surface area contributed by atoms with Gasteiger partial charge in [0.15, 0.2) is 0 Å². The fraction of sp³-hybridized carbons (Fsp3) is 0.650. The van der Waals surface area contributed by atoms with E-state index in [1.807, 2.05) is 13.8 Å². The highest BCUT2D eigenvalue weighted by Crippen LogP contribution is 2.27. The molecule has 12 nitrogen and oxygen atoms in total. The first-order valence-corrected chi connectivity index (χ1v) is 18.0. The van der Waals surface area contributed by atoms with E-state index >= 15 is 0 Å². The van der Waals surface area contributed by atoms with E-state index in [-0.39, 0.29) is 86.7 Å². The predicted molar refractivity (Wildman–Crippen MR) is 197 cm³/mol. The lowest BCUT2D eigenvalue weighted by Crippen LogP contribution is -2.39. The van der Waals surface area contributed by atoms with Crippen LogP contribution in [-0.2, 0) is 57.2 Å². The summed E-state index contributed by atoms with van der Waals surface area (Å²) in [4.78, 5) is 72.9. The van der Waals surface area contributed by atoms with Gasteiger partial charge in [-0.2, -0.15) is 0 Å². The van der Waals surface area contributed by atoms with Gasteiger partial charge in [-0.1, -0.05) is 78.7 Å². The minimum absolute atomic E-state index is 0.0714. The molecule has 0 aliphatic heterocycles. The summed E-state index contributed by atoms with van der Waals surface area (Å²) < 4.78 is 32.4. The van der Waals surface area contributed by atoms with Crippen molar-refractivity contribution in [3.05, 3.63) is 48.6 Å². The van der Waals surface area contributed by atoms with Crippen LogP contribution in [0.2, 0.25) is 0 Å². The molecule has 0 spiro atoms. The number of hydrogen-bond acceptors (Lipinski definition) is 12. The Bertz CT molecular complexity index is 1100. The summed E-state index contributed by atoms with van der Waals surface area (Å²) in [6.07, 6.45) is 8.26. The molecule has 0 radical (unpaired) electrons. The van der Waals surface area contributed by atoms with Gasteiger partial charge in [-0.05, 0) is 53.4 Å². The quantitative estimate of drug-likeness (QED) is 0.0329. The van der Waals surface area contributed by atoms with E-state index in [0.29, 0.717) is 25.7 Å². The van der Waals surface area contributed by atoms with Crippen LogP contribution < -0.4 is 0 Å². The Hall–Kier alpha value is -4.22. The third-order valence-corrected chi connectivity index (χ3v) is 8.52. The lowest BCUT2D eigenvalue weighted by molar-refractivity contribution is -0.161. The van der Waals surface area contributed by atoms with Crippen molar-refractivity contribution in [2.45, 2.75) is 119 Å². The van der Waals surface area contributed by atoms with Crippen molar-refractivity contribution in [3.8, 4) is 0 Å². The topological polar surface area (TPSA) is 158 Å². The Kier molecular flexibility index (Phi) is 23.6. The Morgan fingerprint density at radius 1 is 0.385 bits per heavy atom. The summed E-state index contributed by atoms with van der Waals surface area (Å²) in [7, 11) is 0. The number of unbranched alkanes of at least 4 members (excludes halogenated alkanes) is 7. The maximum atomic E-state index is 12.5. The zero-order valence-electron chi connectivity index (χ0n) is 32.5. The highest BCUT2D eigenvalue weighted by molar-refractivity contribution is 5.88. The van der Waals surface area contributed by atoms with E-state index in [1.54, 1.807) is 0 Å². The maximum Gasteiger partial charge on any atom is 0.333 e. The second-order valence-electron chi connectivity index (χ2n) is 13.8. The van der Waals surface area contributed by atoms with Gasteiger partial charge in [-0.25, -0.2) is 19.2 Å². The fourth-order valence-corrected chi connectivity index (χ4v) is 4.44. The number of hydrogen-bond donors (Lipinski definition) is 0. The monoisotopic (exact) mass is 734 g/mol. The van der Waals surface area contributed by atoms with Gasteiger partial charge >= 0.3 is 35.8 Å². The standard InChI is InChI=1S/C40H62O12/c1-11-39(25-49-35(43)29(3)4,26-50-36(44)30(5)6)23-47-33(41)21-19-17-15-13-14-16-18-20-22-34(42)48-24-40(12-2,27-51-37(45)31(7)8)28-52-38(46)32(9)10/h3,5,7,9,11-28H2,1-2,4,6,8,10H3. The number of carbonyl (C=O) groups excluding carboxylic acids is 6. The molecule has 0 rings (SSSR count). The lowest BCUT2D eigenvalue weighted by atomic mass is 9.88. The van der Waals surface area contributed by atoms with Gasteiger partial charge in [0.25, 0.3) is 0 Å². The van der Waals surface area contributed by atoms with E-state index in [1.165, 1.54) is 27.7 Å². The van der Waals surface area contributed by atoms with Crippen LogP contribution in [0.3, 0.4) is 0 Å². The molecule has 0 saturated carbocycles. The van der Waals surface area contributed by atoms with Gasteiger partial charge in [0.2, 0.25) is 0 Å². The van der Waals surface area contributed by atoms with Crippen molar-refractivity contribution >= 4 is 35.8 Å². The molecule has 0 aromatic carbocycles. The molecule has 52 heavy (non-hydrogen) atoms. The molecule has 0 heterocycles. The fourth-order valence-electron chi connectivity index (χ4n) is 4.44. The van der Waals surface area contributed by atoms with Crippen LogP contribution in [0.15, 0.2) is 48.6 Å². The first-order valence-electron chi connectivity index (χ1n) is 18.0. The van der Waals surface area contributed by atoms with E-state index in [4.69, 9.17) is 28.4 Å². The van der Waals surface area contributed by atoms with Crippen LogP contribution in [0.25, 0.3) is 0 Å². The summed E-state index contributed by atoms with van der Waals surface area (Å²) >= 11 is 0. The van der Waals surface area contributed by atoms with E-state index in [9.17, 15) is 28.8 Å². The Balaban J connectivity index is 4.52. The summed E-state index contributed by atoms with van der Waals surface area (Å²) in [5.74, 6) is -3.06. The summed E-state index contributed by atoms with van der Waals surface area (Å²) in [5.41, 5.74) is -0.867. The van der Waals surface area contributed by atoms with Crippen LogP contribution in [-0.4, -0.2) is 75.5 Å². The number of rotatable bonds is 29. The zero-order chi connectivity index (χ0) is 39.7. The smallest absolute Gasteiger partial charge is 0.333 e. The van der Waals surface area contributed by atoms with Gasteiger partial charge in [0, 0.05) is 35.1 Å². The molecule has 0 saturated heterocycles. The number of esters is 6. The van der Waals surface area contributed by atoms with Crippen LogP contribution >= 0.6 is 0 Å². The van der Waals surface area contributed by atoms with Gasteiger partial charge in [-0.15, -0.1) is 0 Å². The first kappa shape index (κ1) is 47.8. The zero-order valence-corrected chi connectivity index (χ0v) is 32.5. The molecule has 12 heteroatoms. The largest absolute Gasteiger partial charge is 0.465 e. The van der Waals surface area contributed by atoms with Gasteiger partial charge < -0.3 is 28.4 Å². The van der Waals surface area contributed by atoms with Crippen LogP contribution in [0, 0.1) is 10.8 Å². The van der Waals surface area contributed by atoms with Crippen molar-refractivity contribution in [1.82, 2.24) is 0 Å². The Labute approximate surface area is 310 Å². The highest BCUT2D eigenvalue weighted by atomic mass is 16.6. The van der Waals surface area contributed by atoms with Crippen molar-refractivity contribution in [2.75, 3.05) is 39.6 Å². The summed E-state index contributed by atoms with van der Waals surface area (Å²) in [6, 6.07) is 0. The molecule has 0 bridgehead atoms. The molecule has 0 fully saturated rings. The van der Waals surface area contributed by atoms with Gasteiger partial charge in [-0.3, -0.25) is 9.59 Å². The average Bonchev–Trinajstić information content (AvgIpc) is 3.11. The lowest BCUT2D eigenvalue weighted by Gasteiger charge is -2.31. The maximum absolute atomic E-state index is 12.5. The second-order valence-corrected chi connectivity index (χ2v) is 13.8. The minimum atomic E-state index is -0.898. The summed E-state index contributed by atoms with van der Waals surface area (Å²) in [5, 5.41) is 0. The highest BCUT2D eigenvalue weighted by Gasteiger charge is 2.35. The Morgan fingerprint density at radius 2 is 0.596 bits per heavy atom. The third kappa shape index (κ3) is 20.6. The molecular weight excluding hydrogens is 672 g/mol. The Morgan fingerprint density at radius 3 is 0.808 bits per heavy atom. The van der Waals surface area contributed by atoms with E-state index in [0.717, 1.165) is 38.5 Å². The summed E-state index contributed by atoms with van der Waals surface area (Å²) in [6.45, 7) is 23.5. The van der Waals surface area contributed by atoms with Crippen molar-refractivity contribution in [2.24, 2.45) is 10.8 Å². The van der Waals surface area contributed by atoms with E-state index < -0.39 is 34.7 Å². The molecule has 0 aromatic rings. The normalized spacial score (nSPS) is 11.1. The number of carbonyl (C=O) groups is 6. The average molecular weight is 735 g/mol. The van der Waals surface area contributed by atoms with Crippen LogP contribution in [0.1, 0.15) is 119 Å². The molecule has 0 aliphatic carbocycles. The van der Waals surface area contributed by atoms with Crippen LogP contribution in [0.5, 0.6) is 0 Å². The van der Waals surface area contributed by atoms with Gasteiger partial charge in [0.1, 0.15) is 39.6 Å². The molecule has 0 N–H and O–H groups in total. The van der Waals surface area contributed by atoms with Crippen molar-refractivity contribution in [1.29, 1.82) is 0 Å². The third-order valence-electron chi connectivity index (χ3n) is 8.52. The molecule has 0 atom stereocenters. The SMILES string of the molecule is C=C(C)C(=O)OCC(CC)(COC(=O)CCCCCCCCCCC(=O)OCC(CC)(COC(=O)C(=C)C)COC(=O)C(=C)C)COC(=O)C(=C)C. The van der Waals surface area contributed by atoms with E-state index in [2.05, 4.69) is 26.3 Å². The van der Waals surface area contributed by atoms with Crippen molar-refractivity contribution < 1.29 is 57.2 Å². The van der Waals surface area contributed by atoms with Crippen LogP contribution in [0.4, 0.5) is 0 Å². The molecule has 294 valence electrons. The molecule has 0 aromatic heterocycles. The minimum Gasteiger partial charge on any atom is -0.465 e. The molecule has 0 aliphatic rings. The number of ether oxygens (including phenoxy) is 6. The first-order chi connectivity index (χ1) is 24.4.